The molecule has 1 saturated heterocycles. The van der Waals surface area contributed by atoms with Crippen LogP contribution in [0.15, 0.2) is 36.7 Å². The molecule has 4 N–H and O–H groups in total. The summed E-state index contributed by atoms with van der Waals surface area (Å²) < 4.78 is 2.24. The molecule has 1 atom stereocenters. The lowest BCUT2D eigenvalue weighted by Gasteiger charge is -2.27. The molecule has 7 nitrogen and oxygen atoms in total. The van der Waals surface area contributed by atoms with Crippen molar-refractivity contribution in [1.82, 2.24) is 19.5 Å². The van der Waals surface area contributed by atoms with Gasteiger partial charge in [0.15, 0.2) is 17.0 Å². The summed E-state index contributed by atoms with van der Waals surface area (Å²) in [4.78, 5) is 14.4. The lowest BCUT2D eigenvalue weighted by molar-refractivity contribution is 0.410. The number of anilines is 2. The van der Waals surface area contributed by atoms with Crippen LogP contribution in [0.5, 0.6) is 0 Å². The fraction of sp³-hybridized carbons (Fsp3) is 0.500. The van der Waals surface area contributed by atoms with Crippen LogP contribution in [0.2, 0.25) is 0 Å². The van der Waals surface area contributed by atoms with E-state index in [1.807, 2.05) is 24.2 Å². The van der Waals surface area contributed by atoms with Gasteiger partial charge in [-0.2, -0.15) is 21.7 Å². The van der Waals surface area contributed by atoms with E-state index in [-0.39, 0.29) is 0 Å². The quantitative estimate of drug-likeness (QED) is 0.555. The number of nitrogens with zero attached hydrogens (tertiary/aromatic N) is 4. The van der Waals surface area contributed by atoms with Crippen molar-refractivity contribution < 1.29 is 0 Å². The summed E-state index contributed by atoms with van der Waals surface area (Å²) in [6.07, 6.45) is 7.33. The van der Waals surface area contributed by atoms with Gasteiger partial charge >= 0.3 is 0 Å². The first-order valence-corrected chi connectivity index (χ1v) is 12.0. The van der Waals surface area contributed by atoms with E-state index in [0.717, 1.165) is 54.8 Å². The number of imidazole rings is 1. The molecule has 3 aromatic rings. The Balaban J connectivity index is 1.45. The van der Waals surface area contributed by atoms with Gasteiger partial charge in [-0.3, -0.25) is 0 Å². The number of hydrogen-bond acceptors (Lipinski definition) is 7. The Labute approximate surface area is 181 Å². The summed E-state index contributed by atoms with van der Waals surface area (Å²) in [6.45, 7) is 0.705. The van der Waals surface area contributed by atoms with Crippen LogP contribution in [0.4, 0.5) is 11.8 Å². The van der Waals surface area contributed by atoms with E-state index in [0.29, 0.717) is 30.6 Å². The molecule has 2 aromatic heterocycles. The van der Waals surface area contributed by atoms with E-state index in [4.69, 9.17) is 20.7 Å². The molecule has 1 aromatic carbocycles. The van der Waals surface area contributed by atoms with Gasteiger partial charge in [-0.25, -0.2) is 4.98 Å². The van der Waals surface area contributed by atoms with Crippen LogP contribution in [0, 0.1) is 0 Å². The van der Waals surface area contributed by atoms with Gasteiger partial charge in [0.1, 0.15) is 0 Å². The molecule has 3 heterocycles. The van der Waals surface area contributed by atoms with Gasteiger partial charge in [-0.15, -0.1) is 0 Å². The van der Waals surface area contributed by atoms with E-state index >= 15 is 0 Å². The average Bonchev–Trinajstić information content (AvgIpc) is 3.44. The maximum atomic E-state index is 6.08. The molecule has 5 rings (SSSR count). The highest BCUT2D eigenvalue weighted by Crippen LogP contribution is 2.32. The summed E-state index contributed by atoms with van der Waals surface area (Å²) in [6, 6.07) is 11.5. The second-order valence-corrected chi connectivity index (χ2v) is 9.48. The highest BCUT2D eigenvalue weighted by Gasteiger charge is 2.24. The maximum absolute atomic E-state index is 6.08. The topological polar surface area (TPSA) is 93.7 Å². The second-order valence-electron chi connectivity index (χ2n) is 8.33. The van der Waals surface area contributed by atoms with E-state index < -0.39 is 0 Å². The van der Waals surface area contributed by atoms with E-state index in [1.54, 1.807) is 0 Å². The van der Waals surface area contributed by atoms with Gasteiger partial charge < -0.3 is 20.9 Å². The third-order valence-electron chi connectivity index (χ3n) is 6.13. The van der Waals surface area contributed by atoms with Crippen LogP contribution in [-0.2, 0) is 6.54 Å². The molecule has 0 amide bonds. The van der Waals surface area contributed by atoms with Crippen molar-refractivity contribution in [3.8, 4) is 0 Å². The van der Waals surface area contributed by atoms with Crippen molar-refractivity contribution in [2.45, 2.75) is 56.8 Å². The first kappa shape index (κ1) is 19.6. The Hall–Kier alpha value is -2.32. The smallest absolute Gasteiger partial charge is 0.227 e. The number of rotatable bonds is 6. The van der Waals surface area contributed by atoms with Gasteiger partial charge in [0.2, 0.25) is 5.95 Å². The van der Waals surface area contributed by atoms with Gasteiger partial charge in [0.05, 0.1) is 6.33 Å². The van der Waals surface area contributed by atoms with Gasteiger partial charge in [-0.05, 0) is 43.4 Å². The number of fused-ring (bicyclic) bond motifs is 1. The van der Waals surface area contributed by atoms with Gasteiger partial charge in [-0.1, -0.05) is 30.3 Å². The average molecular weight is 424 g/mol. The van der Waals surface area contributed by atoms with E-state index in [2.05, 4.69) is 39.5 Å². The summed E-state index contributed by atoms with van der Waals surface area (Å²) >= 11 is 2.00. The molecular weight excluding hydrogens is 394 g/mol. The molecule has 2 fully saturated rings. The van der Waals surface area contributed by atoms with Crippen molar-refractivity contribution in [3.05, 3.63) is 42.2 Å². The summed E-state index contributed by atoms with van der Waals surface area (Å²) in [5.74, 6) is 3.79. The predicted molar refractivity (Wildman–Crippen MR) is 124 cm³/mol. The van der Waals surface area contributed by atoms with Crippen LogP contribution >= 0.6 is 11.8 Å². The molecule has 8 heteroatoms. The SMILES string of the molecule is N[C@H]1CC[C@H](Nc2nc(NCc3ccccc3)c3ncn(C4CCSC4)c3n2)CC1. The molecule has 1 aliphatic heterocycles. The molecule has 0 bridgehead atoms. The van der Waals surface area contributed by atoms with Crippen molar-refractivity contribution in [3.63, 3.8) is 0 Å². The first-order valence-electron chi connectivity index (χ1n) is 10.9. The molecule has 1 unspecified atom stereocenters. The standard InChI is InChI=1S/C22H29N7S/c23-16-6-8-17(9-7-16)26-22-27-20(24-12-15-4-2-1-3-5-15)19-21(28-22)29(14-25-19)18-10-11-30-13-18/h1-5,14,16-18H,6-13,23H2,(H2,24,26,27,28)/t16-,17-,18?. The Kier molecular flexibility index (Phi) is 5.77. The third-order valence-corrected chi connectivity index (χ3v) is 7.27. The Morgan fingerprint density at radius 2 is 1.90 bits per heavy atom. The molecule has 1 saturated carbocycles. The molecule has 1 aliphatic carbocycles. The van der Waals surface area contributed by atoms with Crippen LogP contribution in [0.3, 0.4) is 0 Å². The van der Waals surface area contributed by atoms with Crippen LogP contribution in [0.25, 0.3) is 11.2 Å². The fourth-order valence-corrected chi connectivity index (χ4v) is 5.55. The first-order chi connectivity index (χ1) is 14.8. The number of benzene rings is 1. The predicted octanol–water partition coefficient (Wildman–Crippen LogP) is 3.80. The molecule has 30 heavy (non-hydrogen) atoms. The lowest BCUT2D eigenvalue weighted by Crippen LogP contribution is -2.33. The fourth-order valence-electron chi connectivity index (χ4n) is 4.34. The van der Waals surface area contributed by atoms with E-state index in [9.17, 15) is 0 Å². The van der Waals surface area contributed by atoms with Crippen LogP contribution in [0.1, 0.15) is 43.7 Å². The zero-order valence-corrected chi connectivity index (χ0v) is 17.9. The zero-order chi connectivity index (χ0) is 20.3. The number of thioether (sulfide) groups is 1. The second kappa shape index (κ2) is 8.81. The van der Waals surface area contributed by atoms with Crippen molar-refractivity contribution in [1.29, 1.82) is 0 Å². The summed E-state index contributed by atoms with van der Waals surface area (Å²) in [5, 5.41) is 7.08. The number of nitrogens with two attached hydrogens (primary N) is 1. The molecule has 2 aliphatic rings. The minimum Gasteiger partial charge on any atom is -0.364 e. The van der Waals surface area contributed by atoms with Crippen molar-refractivity contribution in [2.75, 3.05) is 22.1 Å². The van der Waals surface area contributed by atoms with E-state index in [1.165, 1.54) is 11.3 Å². The maximum Gasteiger partial charge on any atom is 0.227 e. The van der Waals surface area contributed by atoms with Gasteiger partial charge in [0, 0.05) is 30.4 Å². The lowest BCUT2D eigenvalue weighted by atomic mass is 9.92. The third kappa shape index (κ3) is 4.25. The monoisotopic (exact) mass is 423 g/mol. The Morgan fingerprint density at radius 1 is 1.07 bits per heavy atom. The van der Waals surface area contributed by atoms with Crippen molar-refractivity contribution in [2.24, 2.45) is 5.73 Å². The number of hydrogen-bond donors (Lipinski definition) is 3. The summed E-state index contributed by atoms with van der Waals surface area (Å²) in [7, 11) is 0. The molecule has 0 radical (unpaired) electrons. The number of nitrogens with one attached hydrogen (secondary N) is 2. The molecule has 0 spiro atoms. The van der Waals surface area contributed by atoms with Gasteiger partial charge in [0.25, 0.3) is 0 Å². The minimum atomic E-state index is 0.329. The normalized spacial score (nSPS) is 24.2. The van der Waals surface area contributed by atoms with Crippen LogP contribution in [-0.4, -0.2) is 43.1 Å². The molecule has 158 valence electrons. The largest absolute Gasteiger partial charge is 0.364 e. The Morgan fingerprint density at radius 3 is 2.67 bits per heavy atom. The van der Waals surface area contributed by atoms with Crippen molar-refractivity contribution >= 4 is 34.7 Å². The zero-order valence-electron chi connectivity index (χ0n) is 17.1. The highest BCUT2D eigenvalue weighted by molar-refractivity contribution is 7.99. The minimum absolute atomic E-state index is 0.329. The number of aromatic nitrogens is 4. The van der Waals surface area contributed by atoms with Crippen LogP contribution < -0.4 is 16.4 Å². The highest BCUT2D eigenvalue weighted by atomic mass is 32.2. The Bertz CT molecular complexity index is 976. The molecular formula is C22H29N7S. The summed E-state index contributed by atoms with van der Waals surface area (Å²) in [5.41, 5.74) is 9.06.